The van der Waals surface area contributed by atoms with Crippen LogP contribution < -0.4 is 0 Å². The van der Waals surface area contributed by atoms with Crippen LogP contribution in [0.5, 0.6) is 0 Å². The Kier molecular flexibility index (Phi) is 6.61. The highest BCUT2D eigenvalue weighted by atomic mass is 16.6. The van der Waals surface area contributed by atoms with Gasteiger partial charge in [-0.3, -0.25) is 9.59 Å². The molecule has 8 heteroatoms. The number of cyclic esters (lactones) is 1. The maximum Gasteiger partial charge on any atom is 0.335 e. The highest BCUT2D eigenvalue weighted by Gasteiger charge is 2.69. The van der Waals surface area contributed by atoms with Gasteiger partial charge in [0.15, 0.2) is 18.0 Å². The molecule has 0 radical (unpaired) electrons. The monoisotopic (exact) mass is 510 g/mol. The number of hydrogen-bond donors (Lipinski definition) is 0. The van der Waals surface area contributed by atoms with Crippen LogP contribution in [0.15, 0.2) is 47.6 Å². The average molecular weight is 511 g/mol. The fraction of sp³-hybridized carbons (Fsp3) is 0.586. The molecule has 1 saturated heterocycles. The molecule has 0 amide bonds. The van der Waals surface area contributed by atoms with Crippen molar-refractivity contribution in [3.63, 3.8) is 0 Å². The van der Waals surface area contributed by atoms with E-state index in [9.17, 15) is 19.2 Å². The maximum atomic E-state index is 14.0. The van der Waals surface area contributed by atoms with E-state index in [0.29, 0.717) is 12.0 Å². The standard InChI is InChI=1S/C29H34O8/c1-14-12-15(2)29-19(13-21(34-5)28(33)35-24(14)17(4)30)10-11-20-22(29)23(31)16(3)25(26(20)37-29)36-27(32)18-8-6-7-9-18/h6-8,10-12,14,16,19-22,24-26H,9,13H2,1-5H3/b15-12+/t14-,16-,19-,20-,21+,22+,24+,25-,26-,29+/m1/s1. The summed E-state index contributed by atoms with van der Waals surface area (Å²) in [6.07, 6.45) is 8.86. The van der Waals surface area contributed by atoms with Crippen LogP contribution in [-0.4, -0.2) is 60.6 Å². The first kappa shape index (κ1) is 25.8. The summed E-state index contributed by atoms with van der Waals surface area (Å²) < 4.78 is 23.9. The predicted octanol–water partition coefficient (Wildman–Crippen LogP) is 3.06. The molecule has 2 heterocycles. The lowest BCUT2D eigenvalue weighted by Gasteiger charge is -2.45. The van der Waals surface area contributed by atoms with Crippen molar-refractivity contribution >= 4 is 23.5 Å². The van der Waals surface area contributed by atoms with Crippen molar-refractivity contribution in [3.05, 3.63) is 47.6 Å². The van der Waals surface area contributed by atoms with Crippen molar-refractivity contribution in [2.45, 2.75) is 70.6 Å². The van der Waals surface area contributed by atoms with Crippen molar-refractivity contribution in [1.82, 2.24) is 0 Å². The molecule has 2 aliphatic heterocycles. The largest absolute Gasteiger partial charge is 0.455 e. The third kappa shape index (κ3) is 3.96. The third-order valence-corrected chi connectivity index (χ3v) is 8.79. The summed E-state index contributed by atoms with van der Waals surface area (Å²) in [6.45, 7) is 6.91. The molecule has 198 valence electrons. The fourth-order valence-electron chi connectivity index (χ4n) is 6.96. The molecule has 10 atom stereocenters. The molecule has 37 heavy (non-hydrogen) atoms. The van der Waals surface area contributed by atoms with Crippen LogP contribution in [0.4, 0.5) is 0 Å². The van der Waals surface area contributed by atoms with Crippen molar-refractivity contribution in [2.24, 2.45) is 29.6 Å². The molecule has 4 bridgehead atoms. The summed E-state index contributed by atoms with van der Waals surface area (Å²) in [7, 11) is 1.43. The first-order chi connectivity index (χ1) is 17.6. The van der Waals surface area contributed by atoms with E-state index in [0.717, 1.165) is 5.57 Å². The number of rotatable bonds is 4. The van der Waals surface area contributed by atoms with E-state index in [1.807, 2.05) is 44.2 Å². The summed E-state index contributed by atoms with van der Waals surface area (Å²) in [4.78, 5) is 52.3. The summed E-state index contributed by atoms with van der Waals surface area (Å²) in [5, 5.41) is 0. The van der Waals surface area contributed by atoms with Gasteiger partial charge in [0.2, 0.25) is 0 Å². The van der Waals surface area contributed by atoms with Crippen LogP contribution in [0, 0.1) is 29.6 Å². The van der Waals surface area contributed by atoms with Gasteiger partial charge in [0.1, 0.15) is 23.6 Å². The van der Waals surface area contributed by atoms with Crippen LogP contribution in [0.1, 0.15) is 40.5 Å². The Hall–Kier alpha value is -2.84. The molecule has 0 aromatic rings. The molecule has 3 aliphatic carbocycles. The number of Topliss-reactive ketones (excluding diaryl/α,β-unsaturated/α-hetero) is 2. The van der Waals surface area contributed by atoms with Crippen molar-refractivity contribution in [2.75, 3.05) is 7.11 Å². The minimum atomic E-state index is -1.05. The molecule has 0 aromatic carbocycles. The number of carbonyl (C=O) groups excluding carboxylic acids is 4. The molecule has 1 spiro atoms. The van der Waals surface area contributed by atoms with Gasteiger partial charge in [-0.05, 0) is 32.3 Å². The van der Waals surface area contributed by atoms with Crippen LogP contribution in [-0.2, 0) is 38.1 Å². The molecular weight excluding hydrogens is 476 g/mol. The van der Waals surface area contributed by atoms with Gasteiger partial charge in [0.25, 0.3) is 0 Å². The zero-order valence-electron chi connectivity index (χ0n) is 21.8. The van der Waals surface area contributed by atoms with E-state index in [-0.39, 0.29) is 29.8 Å². The van der Waals surface area contributed by atoms with Crippen LogP contribution in [0.25, 0.3) is 0 Å². The van der Waals surface area contributed by atoms with Gasteiger partial charge in [0.05, 0.1) is 11.8 Å². The Balaban J connectivity index is 1.58. The molecule has 1 saturated carbocycles. The number of ketones is 2. The average Bonchev–Trinajstić information content (AvgIpc) is 3.46. The van der Waals surface area contributed by atoms with Gasteiger partial charge < -0.3 is 18.9 Å². The number of allylic oxidation sites excluding steroid dienone is 3. The molecule has 0 unspecified atom stereocenters. The molecule has 5 aliphatic rings. The SMILES string of the molecule is CO[C@H]1C[C@H]2C=C[C@H]3[C@H]4O[C@]2(/C(C)=C/[C@@H](C)[C@@H](C(C)=O)OC1=O)[C@@H]3C(=O)[C@@H](C)[C@H]4OC(=O)C1=CC=CC1. The lowest BCUT2D eigenvalue weighted by atomic mass is 9.58. The molecule has 2 fully saturated rings. The van der Waals surface area contributed by atoms with Gasteiger partial charge in [-0.25, -0.2) is 9.59 Å². The van der Waals surface area contributed by atoms with E-state index < -0.39 is 59.7 Å². The smallest absolute Gasteiger partial charge is 0.335 e. The van der Waals surface area contributed by atoms with Crippen molar-refractivity contribution < 1.29 is 38.1 Å². The van der Waals surface area contributed by atoms with Crippen molar-refractivity contribution in [1.29, 1.82) is 0 Å². The Labute approximate surface area is 216 Å². The van der Waals surface area contributed by atoms with Gasteiger partial charge in [0, 0.05) is 30.4 Å². The second kappa shape index (κ2) is 9.48. The first-order valence-electron chi connectivity index (χ1n) is 13.0. The second-order valence-electron chi connectivity index (χ2n) is 10.9. The molecule has 0 aromatic heterocycles. The summed E-state index contributed by atoms with van der Waals surface area (Å²) in [6, 6.07) is 0. The molecular formula is C29H34O8. The molecule has 8 nitrogen and oxygen atoms in total. The zero-order valence-corrected chi connectivity index (χ0v) is 21.8. The van der Waals surface area contributed by atoms with Crippen LogP contribution in [0.2, 0.25) is 0 Å². The minimum absolute atomic E-state index is 0.0263. The minimum Gasteiger partial charge on any atom is -0.455 e. The van der Waals surface area contributed by atoms with Crippen LogP contribution >= 0.6 is 0 Å². The summed E-state index contributed by atoms with van der Waals surface area (Å²) in [5.74, 6) is -3.47. The summed E-state index contributed by atoms with van der Waals surface area (Å²) >= 11 is 0. The Morgan fingerprint density at radius 1 is 1.16 bits per heavy atom. The molecule has 0 N–H and O–H groups in total. The van der Waals surface area contributed by atoms with Gasteiger partial charge >= 0.3 is 11.9 Å². The Morgan fingerprint density at radius 3 is 2.57 bits per heavy atom. The normalized spacial score (nSPS) is 43.9. The topological polar surface area (TPSA) is 105 Å². The van der Waals surface area contributed by atoms with Crippen molar-refractivity contribution in [3.8, 4) is 0 Å². The van der Waals surface area contributed by atoms with E-state index in [2.05, 4.69) is 0 Å². The Morgan fingerprint density at radius 2 is 1.92 bits per heavy atom. The highest BCUT2D eigenvalue weighted by molar-refractivity contribution is 5.92. The molecule has 5 rings (SSSR count). The fourth-order valence-corrected chi connectivity index (χ4v) is 6.96. The van der Waals surface area contributed by atoms with Crippen LogP contribution in [0.3, 0.4) is 0 Å². The van der Waals surface area contributed by atoms with E-state index in [4.69, 9.17) is 18.9 Å². The van der Waals surface area contributed by atoms with E-state index in [1.54, 1.807) is 13.0 Å². The highest BCUT2D eigenvalue weighted by Crippen LogP contribution is 2.60. The Bertz CT molecular complexity index is 1140. The lowest BCUT2D eigenvalue weighted by molar-refractivity contribution is -0.170. The van der Waals surface area contributed by atoms with Gasteiger partial charge in [-0.15, -0.1) is 0 Å². The summed E-state index contributed by atoms with van der Waals surface area (Å²) in [5.41, 5.74) is 0.310. The van der Waals surface area contributed by atoms with E-state index >= 15 is 0 Å². The number of esters is 2. The number of hydrogen-bond acceptors (Lipinski definition) is 8. The first-order valence-corrected chi connectivity index (χ1v) is 13.0. The lowest BCUT2D eigenvalue weighted by Crippen LogP contribution is -2.55. The predicted molar refractivity (Wildman–Crippen MR) is 132 cm³/mol. The second-order valence-corrected chi connectivity index (χ2v) is 10.9. The quantitative estimate of drug-likeness (QED) is 0.420. The maximum absolute atomic E-state index is 14.0. The number of carbonyl (C=O) groups is 4. The van der Waals surface area contributed by atoms with Gasteiger partial charge in [-0.2, -0.15) is 0 Å². The number of methoxy groups -OCH3 is 1. The van der Waals surface area contributed by atoms with E-state index in [1.165, 1.54) is 14.0 Å². The van der Waals surface area contributed by atoms with Gasteiger partial charge in [-0.1, -0.05) is 50.3 Å². The number of ether oxygens (including phenoxy) is 4. The zero-order chi connectivity index (χ0) is 26.6. The third-order valence-electron chi connectivity index (χ3n) is 8.79.